The number of thioether (sulfide) groups is 1. The van der Waals surface area contributed by atoms with Gasteiger partial charge in [0.05, 0.1) is 6.04 Å². The molecule has 0 bridgehead atoms. The first-order valence-electron chi connectivity index (χ1n) is 12.3. The third-order valence-electron chi connectivity index (χ3n) is 5.66. The molecule has 208 valence electrons. The number of carboxylic acids is 1. The van der Waals surface area contributed by atoms with Crippen molar-refractivity contribution in [1.29, 1.82) is 0 Å². The Morgan fingerprint density at radius 3 is 2.06 bits per heavy atom. The highest BCUT2D eigenvalue weighted by atomic mass is 32.2. The van der Waals surface area contributed by atoms with Crippen molar-refractivity contribution in [3.05, 3.63) is 0 Å². The van der Waals surface area contributed by atoms with Gasteiger partial charge in [-0.3, -0.25) is 19.4 Å². The number of rotatable bonds is 18. The molecule has 13 heteroatoms. The van der Waals surface area contributed by atoms with Crippen molar-refractivity contribution < 1.29 is 24.3 Å². The summed E-state index contributed by atoms with van der Waals surface area (Å²) in [5.41, 5.74) is 16.7. The Hall–Kier alpha value is -2.54. The largest absolute Gasteiger partial charge is 0.480 e. The number of carbonyl (C=O) groups is 4. The summed E-state index contributed by atoms with van der Waals surface area (Å²) in [5.74, 6) is -2.39. The standard InChI is InChI=1S/C23H45N7O5S/c1-6-14(4)18(30-19(31)15(24)9-11-36-5)21(33)28-16(8-7-10-27-23(25)26)20(32)29-17(22(34)35)12-13(2)3/h13-18H,6-12,24H2,1-5H3,(H,28,33)(H,29,32)(H,30,31)(H,34,35)(H4,25,26,27). The van der Waals surface area contributed by atoms with Gasteiger partial charge in [-0.05, 0) is 49.5 Å². The van der Waals surface area contributed by atoms with Gasteiger partial charge in [0.1, 0.15) is 18.1 Å². The van der Waals surface area contributed by atoms with Crippen molar-refractivity contribution in [1.82, 2.24) is 16.0 Å². The first kappa shape index (κ1) is 33.5. The summed E-state index contributed by atoms with van der Waals surface area (Å²) < 4.78 is 0. The molecule has 0 radical (unpaired) electrons. The Labute approximate surface area is 218 Å². The highest BCUT2D eigenvalue weighted by Crippen LogP contribution is 2.11. The number of hydrogen-bond donors (Lipinski definition) is 7. The topological polar surface area (TPSA) is 215 Å². The number of nitrogens with one attached hydrogen (secondary N) is 3. The van der Waals surface area contributed by atoms with Gasteiger partial charge in [0.15, 0.2) is 5.96 Å². The van der Waals surface area contributed by atoms with Crippen molar-refractivity contribution in [3.63, 3.8) is 0 Å². The maximum atomic E-state index is 13.2. The van der Waals surface area contributed by atoms with Crippen LogP contribution in [0.15, 0.2) is 4.99 Å². The molecule has 0 heterocycles. The van der Waals surface area contributed by atoms with Crippen LogP contribution < -0.4 is 33.2 Å². The molecular formula is C23H45N7O5S. The van der Waals surface area contributed by atoms with Crippen LogP contribution in [0.1, 0.15) is 59.8 Å². The van der Waals surface area contributed by atoms with Crippen molar-refractivity contribution in [2.24, 2.45) is 34.0 Å². The molecule has 0 fully saturated rings. The average molecular weight is 532 g/mol. The molecule has 0 aromatic carbocycles. The van der Waals surface area contributed by atoms with E-state index in [1.54, 1.807) is 11.8 Å². The summed E-state index contributed by atoms with van der Waals surface area (Å²) in [4.78, 5) is 54.4. The highest BCUT2D eigenvalue weighted by Gasteiger charge is 2.32. The van der Waals surface area contributed by atoms with Crippen LogP contribution in [0.5, 0.6) is 0 Å². The molecule has 0 aliphatic heterocycles. The number of nitrogens with two attached hydrogens (primary N) is 3. The summed E-state index contributed by atoms with van der Waals surface area (Å²) in [6, 6.07) is -3.83. The van der Waals surface area contributed by atoms with E-state index in [2.05, 4.69) is 20.9 Å². The van der Waals surface area contributed by atoms with Gasteiger partial charge in [0, 0.05) is 6.54 Å². The molecule has 10 N–H and O–H groups in total. The SMILES string of the molecule is CCC(C)C(NC(=O)C(N)CCSC)C(=O)NC(CCCN=C(N)N)C(=O)NC(CC(C)C)C(=O)O. The van der Waals surface area contributed by atoms with Gasteiger partial charge in [-0.25, -0.2) is 4.79 Å². The quantitative estimate of drug-likeness (QED) is 0.0704. The molecule has 5 atom stereocenters. The zero-order valence-corrected chi connectivity index (χ0v) is 22.9. The Bertz CT molecular complexity index is 746. The molecule has 3 amide bonds. The number of guanidine groups is 1. The van der Waals surface area contributed by atoms with E-state index in [1.165, 1.54) is 0 Å². The minimum Gasteiger partial charge on any atom is -0.480 e. The summed E-state index contributed by atoms with van der Waals surface area (Å²) in [6.07, 6.45) is 3.72. The molecule has 0 spiro atoms. The Morgan fingerprint density at radius 2 is 1.56 bits per heavy atom. The summed E-state index contributed by atoms with van der Waals surface area (Å²) in [7, 11) is 0. The van der Waals surface area contributed by atoms with Crippen molar-refractivity contribution in [2.45, 2.75) is 84.0 Å². The Kier molecular flexibility index (Phi) is 16.6. The van der Waals surface area contributed by atoms with Crippen molar-refractivity contribution in [2.75, 3.05) is 18.6 Å². The van der Waals surface area contributed by atoms with E-state index in [0.29, 0.717) is 25.0 Å². The summed E-state index contributed by atoms with van der Waals surface area (Å²) in [6.45, 7) is 7.62. The Balaban J connectivity index is 5.65. The summed E-state index contributed by atoms with van der Waals surface area (Å²) in [5, 5.41) is 17.4. The molecule has 0 saturated heterocycles. The average Bonchev–Trinajstić information content (AvgIpc) is 2.80. The first-order valence-corrected chi connectivity index (χ1v) is 13.7. The lowest BCUT2D eigenvalue weighted by Gasteiger charge is -2.28. The molecule has 0 aliphatic rings. The van der Waals surface area contributed by atoms with E-state index in [9.17, 15) is 24.3 Å². The number of nitrogens with zero attached hydrogens (tertiary/aromatic N) is 1. The normalized spacial score (nSPS) is 15.2. The second-order valence-electron chi connectivity index (χ2n) is 9.30. The van der Waals surface area contributed by atoms with E-state index < -0.39 is 47.9 Å². The second kappa shape index (κ2) is 17.8. The maximum Gasteiger partial charge on any atom is 0.326 e. The fourth-order valence-electron chi connectivity index (χ4n) is 3.34. The zero-order chi connectivity index (χ0) is 27.8. The van der Waals surface area contributed by atoms with Crippen LogP contribution in [-0.2, 0) is 19.2 Å². The third-order valence-corrected chi connectivity index (χ3v) is 6.31. The lowest BCUT2D eigenvalue weighted by atomic mass is 9.97. The van der Waals surface area contributed by atoms with Crippen LogP contribution in [0.4, 0.5) is 0 Å². The zero-order valence-electron chi connectivity index (χ0n) is 22.1. The van der Waals surface area contributed by atoms with E-state index in [-0.39, 0.29) is 37.2 Å². The number of hydrogen-bond acceptors (Lipinski definition) is 7. The predicted octanol–water partition coefficient (Wildman–Crippen LogP) is -0.248. The van der Waals surface area contributed by atoms with Crippen LogP contribution in [0.3, 0.4) is 0 Å². The number of aliphatic carboxylic acids is 1. The van der Waals surface area contributed by atoms with E-state index in [1.807, 2.05) is 34.0 Å². The van der Waals surface area contributed by atoms with Gasteiger partial charge in [0.25, 0.3) is 0 Å². The minimum absolute atomic E-state index is 0.0293. The molecular weight excluding hydrogens is 486 g/mol. The van der Waals surface area contributed by atoms with Crippen LogP contribution in [0, 0.1) is 11.8 Å². The van der Waals surface area contributed by atoms with Gasteiger partial charge in [-0.1, -0.05) is 34.1 Å². The molecule has 0 rings (SSSR count). The smallest absolute Gasteiger partial charge is 0.326 e. The maximum absolute atomic E-state index is 13.2. The molecule has 5 unspecified atom stereocenters. The second-order valence-corrected chi connectivity index (χ2v) is 10.3. The summed E-state index contributed by atoms with van der Waals surface area (Å²) >= 11 is 1.57. The van der Waals surface area contributed by atoms with Crippen LogP contribution in [0.25, 0.3) is 0 Å². The molecule has 0 aromatic rings. The first-order chi connectivity index (χ1) is 16.8. The third kappa shape index (κ3) is 13.5. The van der Waals surface area contributed by atoms with E-state index in [0.717, 1.165) is 0 Å². The van der Waals surface area contributed by atoms with Crippen LogP contribution >= 0.6 is 11.8 Å². The number of amides is 3. The van der Waals surface area contributed by atoms with Crippen LogP contribution in [-0.4, -0.2) is 77.5 Å². The van der Waals surface area contributed by atoms with Gasteiger partial charge in [-0.15, -0.1) is 0 Å². The monoisotopic (exact) mass is 531 g/mol. The number of carbonyl (C=O) groups excluding carboxylic acids is 3. The number of aliphatic imine (C=N–C) groups is 1. The minimum atomic E-state index is -1.16. The van der Waals surface area contributed by atoms with Gasteiger partial charge in [0.2, 0.25) is 17.7 Å². The lowest BCUT2D eigenvalue weighted by molar-refractivity contribution is -0.143. The predicted molar refractivity (Wildman–Crippen MR) is 143 cm³/mol. The number of carboxylic acid groups (broad SMARTS) is 1. The molecule has 0 aliphatic carbocycles. The van der Waals surface area contributed by atoms with E-state index in [4.69, 9.17) is 17.2 Å². The molecule has 0 saturated carbocycles. The fourth-order valence-corrected chi connectivity index (χ4v) is 3.83. The highest BCUT2D eigenvalue weighted by molar-refractivity contribution is 7.98. The van der Waals surface area contributed by atoms with Crippen molar-refractivity contribution in [3.8, 4) is 0 Å². The fraction of sp³-hybridized carbons (Fsp3) is 0.783. The Morgan fingerprint density at radius 1 is 0.944 bits per heavy atom. The van der Waals surface area contributed by atoms with Crippen molar-refractivity contribution >= 4 is 41.4 Å². The molecule has 0 aromatic heterocycles. The van der Waals surface area contributed by atoms with Gasteiger partial charge in [-0.2, -0.15) is 11.8 Å². The van der Waals surface area contributed by atoms with Gasteiger partial charge < -0.3 is 38.3 Å². The molecule has 36 heavy (non-hydrogen) atoms. The lowest BCUT2D eigenvalue weighted by Crippen LogP contribution is -2.58. The van der Waals surface area contributed by atoms with E-state index >= 15 is 0 Å². The van der Waals surface area contributed by atoms with Crippen LogP contribution in [0.2, 0.25) is 0 Å². The molecule has 12 nitrogen and oxygen atoms in total. The van der Waals surface area contributed by atoms with Gasteiger partial charge >= 0.3 is 5.97 Å².